The highest BCUT2D eigenvalue weighted by Crippen LogP contribution is 2.49. The molecule has 1 heterocycles. The van der Waals surface area contributed by atoms with Crippen LogP contribution in [0.2, 0.25) is 0 Å². The SMILES string of the molecule is Cc1ccc(-n2c3ccccc3c3ccccc32)cc1-c1cccc(N(c2cc3c4c(c2)CC=C2C=CC=C(C=C3)C24)c2ccccc2C)c1C. The van der Waals surface area contributed by atoms with E-state index in [1.54, 1.807) is 0 Å². The van der Waals surface area contributed by atoms with Crippen molar-refractivity contribution >= 4 is 44.9 Å². The number of aromatic nitrogens is 1. The number of rotatable bonds is 5. The zero-order valence-corrected chi connectivity index (χ0v) is 29.2. The first-order valence-electron chi connectivity index (χ1n) is 18.0. The van der Waals surface area contributed by atoms with Gasteiger partial charge in [0, 0.05) is 39.4 Å². The van der Waals surface area contributed by atoms with Gasteiger partial charge in [0.15, 0.2) is 0 Å². The lowest BCUT2D eigenvalue weighted by Gasteiger charge is -2.35. The molecule has 0 bridgehead atoms. The van der Waals surface area contributed by atoms with Crippen LogP contribution < -0.4 is 4.90 Å². The van der Waals surface area contributed by atoms with Crippen molar-refractivity contribution in [3.63, 3.8) is 0 Å². The van der Waals surface area contributed by atoms with Gasteiger partial charge in [-0.1, -0.05) is 109 Å². The zero-order chi connectivity index (χ0) is 34.2. The van der Waals surface area contributed by atoms with Crippen molar-refractivity contribution in [2.24, 2.45) is 0 Å². The van der Waals surface area contributed by atoms with Crippen LogP contribution in [0.25, 0.3) is 44.7 Å². The highest BCUT2D eigenvalue weighted by molar-refractivity contribution is 6.09. The second-order valence-electron chi connectivity index (χ2n) is 14.2. The summed E-state index contributed by atoms with van der Waals surface area (Å²) in [5.74, 6) is 0.342. The first kappa shape index (κ1) is 29.8. The molecule has 1 atom stereocenters. The number of nitrogens with zero attached hydrogens (tertiary/aromatic N) is 2. The molecule has 0 amide bonds. The fourth-order valence-electron chi connectivity index (χ4n) is 8.87. The third kappa shape index (κ3) is 4.56. The molecule has 1 unspecified atom stereocenters. The average molecular weight is 655 g/mol. The van der Waals surface area contributed by atoms with Crippen LogP contribution in [0.4, 0.5) is 17.1 Å². The molecule has 3 aliphatic rings. The number of para-hydroxylation sites is 3. The Bertz CT molecular complexity index is 2660. The van der Waals surface area contributed by atoms with Gasteiger partial charge in [0.05, 0.1) is 11.0 Å². The minimum Gasteiger partial charge on any atom is -0.310 e. The molecular weight excluding hydrogens is 617 g/mol. The lowest BCUT2D eigenvalue weighted by molar-refractivity contribution is 0.891. The maximum absolute atomic E-state index is 2.50. The summed E-state index contributed by atoms with van der Waals surface area (Å²) in [5, 5.41) is 2.56. The number of fused-ring (bicyclic) bond motifs is 3. The number of hydrogen-bond acceptors (Lipinski definition) is 1. The van der Waals surface area contributed by atoms with Crippen molar-refractivity contribution in [3.8, 4) is 16.8 Å². The maximum atomic E-state index is 2.50. The van der Waals surface area contributed by atoms with Crippen molar-refractivity contribution in [1.29, 1.82) is 0 Å². The summed E-state index contributed by atoms with van der Waals surface area (Å²) in [6, 6.07) is 44.9. The lowest BCUT2D eigenvalue weighted by atomic mass is 9.71. The van der Waals surface area contributed by atoms with Gasteiger partial charge in [-0.3, -0.25) is 0 Å². The van der Waals surface area contributed by atoms with Crippen LogP contribution in [0.1, 0.15) is 39.3 Å². The molecule has 0 N–H and O–H groups in total. The van der Waals surface area contributed by atoms with Gasteiger partial charge in [-0.2, -0.15) is 0 Å². The summed E-state index contributed by atoms with van der Waals surface area (Å²) in [4.78, 5) is 2.50. The number of anilines is 3. The fourth-order valence-corrected chi connectivity index (χ4v) is 8.87. The van der Waals surface area contributed by atoms with E-state index in [4.69, 9.17) is 0 Å². The molecule has 1 aromatic heterocycles. The van der Waals surface area contributed by atoms with Gasteiger partial charge in [-0.15, -0.1) is 0 Å². The second kappa shape index (κ2) is 11.5. The van der Waals surface area contributed by atoms with E-state index in [-0.39, 0.29) is 0 Å². The Morgan fingerprint density at radius 2 is 1.35 bits per heavy atom. The van der Waals surface area contributed by atoms with Crippen LogP contribution in [0.15, 0.2) is 163 Å². The van der Waals surface area contributed by atoms with Crippen molar-refractivity contribution in [2.75, 3.05) is 4.90 Å². The summed E-state index contributed by atoms with van der Waals surface area (Å²) >= 11 is 0. The van der Waals surface area contributed by atoms with E-state index in [0.717, 1.165) is 6.42 Å². The fraction of sp³-hybridized carbons (Fsp3) is 0.102. The molecule has 0 fully saturated rings. The van der Waals surface area contributed by atoms with E-state index in [2.05, 4.69) is 188 Å². The van der Waals surface area contributed by atoms with Crippen LogP contribution in [-0.4, -0.2) is 4.57 Å². The van der Waals surface area contributed by atoms with E-state index in [0.29, 0.717) is 5.92 Å². The molecule has 0 saturated heterocycles. The van der Waals surface area contributed by atoms with E-state index in [1.165, 1.54) is 100 Å². The molecule has 0 spiro atoms. The van der Waals surface area contributed by atoms with Gasteiger partial charge >= 0.3 is 0 Å². The summed E-state index contributed by atoms with van der Waals surface area (Å²) in [5.41, 5.74) is 20.5. The molecular formula is C49H38N2. The van der Waals surface area contributed by atoms with E-state index >= 15 is 0 Å². The minimum absolute atomic E-state index is 0.342. The number of allylic oxidation sites excluding steroid dienone is 7. The number of aryl methyl sites for hydroxylation is 2. The van der Waals surface area contributed by atoms with Crippen molar-refractivity contribution < 1.29 is 0 Å². The van der Waals surface area contributed by atoms with Crippen molar-refractivity contribution in [1.82, 2.24) is 4.57 Å². The standard InChI is InChI=1S/C49H38N2/c1-31-22-27-38(50-46-19-8-5-15-41(46)42-16-6-9-20-47(42)50)30-43(31)40-17-11-21-45(33(40)3)51(44-18-7-4-12-32(44)2)39-28-36-25-23-34-13-10-14-35-24-26-37(29-39)49(36)48(34)35/h4-25,27-30,48H,26H2,1-3H3. The van der Waals surface area contributed by atoms with E-state index in [1.807, 2.05) is 0 Å². The van der Waals surface area contributed by atoms with E-state index in [9.17, 15) is 0 Å². The first-order chi connectivity index (χ1) is 25.0. The normalized spacial score (nSPS) is 15.5. The Hall–Kier alpha value is -6.12. The third-order valence-electron chi connectivity index (χ3n) is 11.3. The first-order valence-corrected chi connectivity index (χ1v) is 18.0. The zero-order valence-electron chi connectivity index (χ0n) is 29.2. The molecule has 10 rings (SSSR count). The van der Waals surface area contributed by atoms with Crippen LogP contribution in [0.5, 0.6) is 0 Å². The van der Waals surface area contributed by atoms with Crippen LogP contribution in [-0.2, 0) is 6.42 Å². The molecule has 2 nitrogen and oxygen atoms in total. The Balaban J connectivity index is 1.15. The molecule has 0 radical (unpaired) electrons. The van der Waals surface area contributed by atoms with Gasteiger partial charge in [0.25, 0.3) is 0 Å². The molecule has 7 aromatic rings. The lowest BCUT2D eigenvalue weighted by Crippen LogP contribution is -2.19. The highest BCUT2D eigenvalue weighted by atomic mass is 15.1. The number of benzene rings is 6. The van der Waals surface area contributed by atoms with Crippen LogP contribution >= 0.6 is 0 Å². The molecule has 0 saturated carbocycles. The third-order valence-corrected chi connectivity index (χ3v) is 11.3. The monoisotopic (exact) mass is 654 g/mol. The molecule has 2 heteroatoms. The van der Waals surface area contributed by atoms with Crippen LogP contribution in [0.3, 0.4) is 0 Å². The Kier molecular flexibility index (Phi) is 6.69. The Labute approximate surface area is 299 Å². The highest BCUT2D eigenvalue weighted by Gasteiger charge is 2.31. The minimum atomic E-state index is 0.342. The van der Waals surface area contributed by atoms with Crippen LogP contribution in [0, 0.1) is 20.8 Å². The predicted octanol–water partition coefficient (Wildman–Crippen LogP) is 12.9. The summed E-state index contributed by atoms with van der Waals surface area (Å²) in [6.45, 7) is 6.76. The van der Waals surface area contributed by atoms with E-state index < -0.39 is 0 Å². The van der Waals surface area contributed by atoms with Gasteiger partial charge in [-0.25, -0.2) is 0 Å². The average Bonchev–Trinajstić information content (AvgIpc) is 3.50. The topological polar surface area (TPSA) is 8.17 Å². The molecule has 244 valence electrons. The van der Waals surface area contributed by atoms with Gasteiger partial charge in [0.1, 0.15) is 0 Å². The summed E-state index contributed by atoms with van der Waals surface area (Å²) < 4.78 is 2.42. The summed E-state index contributed by atoms with van der Waals surface area (Å²) in [7, 11) is 0. The van der Waals surface area contributed by atoms with Gasteiger partial charge in [-0.05, 0) is 131 Å². The summed E-state index contributed by atoms with van der Waals surface area (Å²) in [6.07, 6.45) is 14.8. The van der Waals surface area contributed by atoms with Crippen molar-refractivity contribution in [2.45, 2.75) is 33.1 Å². The predicted molar refractivity (Wildman–Crippen MR) is 216 cm³/mol. The quantitative estimate of drug-likeness (QED) is 0.179. The molecule has 0 aliphatic heterocycles. The Morgan fingerprint density at radius 1 is 0.608 bits per heavy atom. The molecule has 3 aliphatic carbocycles. The number of hydrogen-bond donors (Lipinski definition) is 0. The smallest absolute Gasteiger partial charge is 0.0541 e. The second-order valence-corrected chi connectivity index (χ2v) is 14.2. The van der Waals surface area contributed by atoms with Gasteiger partial charge < -0.3 is 9.47 Å². The Morgan fingerprint density at radius 3 is 2.16 bits per heavy atom. The molecule has 6 aromatic carbocycles. The largest absolute Gasteiger partial charge is 0.310 e. The van der Waals surface area contributed by atoms with Crippen molar-refractivity contribution in [3.05, 3.63) is 196 Å². The maximum Gasteiger partial charge on any atom is 0.0541 e. The molecule has 51 heavy (non-hydrogen) atoms. The van der Waals surface area contributed by atoms with Gasteiger partial charge in [0.2, 0.25) is 0 Å².